The molecule has 160 valence electrons. The molecule has 1 saturated heterocycles. The number of carbonyl (C=O) groups excluding carboxylic acids is 3. The summed E-state index contributed by atoms with van der Waals surface area (Å²) in [6.45, 7) is 2.13. The van der Waals surface area contributed by atoms with Crippen LogP contribution in [0.3, 0.4) is 0 Å². The van der Waals surface area contributed by atoms with Gasteiger partial charge >= 0.3 is 0 Å². The maximum absolute atomic E-state index is 12.7. The van der Waals surface area contributed by atoms with Gasteiger partial charge in [-0.05, 0) is 55.0 Å². The number of hydrogen-bond acceptors (Lipinski definition) is 7. The van der Waals surface area contributed by atoms with Crippen molar-refractivity contribution in [3.8, 4) is 11.5 Å². The Bertz CT molecular complexity index is 1040. The Morgan fingerprint density at radius 1 is 1.13 bits per heavy atom. The first kappa shape index (κ1) is 22.3. The Hall–Kier alpha value is -3.37. The molecule has 0 bridgehead atoms. The van der Waals surface area contributed by atoms with Crippen LogP contribution in [-0.4, -0.2) is 45.2 Å². The van der Waals surface area contributed by atoms with Crippen molar-refractivity contribution in [3.63, 3.8) is 0 Å². The number of phenols is 1. The van der Waals surface area contributed by atoms with E-state index in [1.54, 1.807) is 18.2 Å². The van der Waals surface area contributed by atoms with Crippen LogP contribution in [0.1, 0.15) is 22.8 Å². The Labute approximate surface area is 188 Å². The van der Waals surface area contributed by atoms with E-state index in [2.05, 4.69) is 10.9 Å². The van der Waals surface area contributed by atoms with Crippen LogP contribution in [0, 0.1) is 0 Å². The number of ether oxygens (including phenoxy) is 1. The zero-order valence-corrected chi connectivity index (χ0v) is 18.1. The Morgan fingerprint density at radius 2 is 1.81 bits per heavy atom. The second-order valence-corrected chi connectivity index (χ2v) is 7.99. The highest BCUT2D eigenvalue weighted by molar-refractivity contribution is 8.26. The molecule has 3 N–H and O–H groups in total. The molecule has 0 unspecified atom stereocenters. The number of hydrazine groups is 1. The van der Waals surface area contributed by atoms with Crippen LogP contribution in [0.4, 0.5) is 0 Å². The van der Waals surface area contributed by atoms with E-state index in [1.807, 2.05) is 19.1 Å². The fourth-order valence-corrected chi connectivity index (χ4v) is 3.86. The number of amides is 3. The molecule has 10 heteroatoms. The number of aromatic hydroxyl groups is 1. The minimum atomic E-state index is -0.606. The Balaban J connectivity index is 1.57. The fourth-order valence-electron chi connectivity index (χ4n) is 2.61. The van der Waals surface area contributed by atoms with Crippen molar-refractivity contribution in [1.82, 2.24) is 15.8 Å². The third kappa shape index (κ3) is 5.83. The van der Waals surface area contributed by atoms with Crippen LogP contribution < -0.4 is 15.6 Å². The number of nitrogens with one attached hydrogen (secondary N) is 2. The van der Waals surface area contributed by atoms with Crippen LogP contribution >= 0.6 is 24.0 Å². The molecule has 0 saturated carbocycles. The smallest absolute Gasteiger partial charge is 0.269 e. The summed E-state index contributed by atoms with van der Waals surface area (Å²) in [5.41, 5.74) is 5.56. The molecule has 1 aliphatic heterocycles. The molecule has 1 fully saturated rings. The van der Waals surface area contributed by atoms with E-state index < -0.39 is 11.8 Å². The van der Waals surface area contributed by atoms with Gasteiger partial charge in [0, 0.05) is 5.56 Å². The number of thioether (sulfide) groups is 1. The minimum absolute atomic E-state index is 0.0215. The summed E-state index contributed by atoms with van der Waals surface area (Å²) in [5, 5.41) is 9.25. The highest BCUT2D eigenvalue weighted by Gasteiger charge is 2.33. The summed E-state index contributed by atoms with van der Waals surface area (Å²) in [6, 6.07) is 12.8. The van der Waals surface area contributed by atoms with Crippen LogP contribution in [0.15, 0.2) is 53.4 Å². The summed E-state index contributed by atoms with van der Waals surface area (Å²) in [6.07, 6.45) is 1.69. The third-order valence-electron chi connectivity index (χ3n) is 4.11. The molecule has 31 heavy (non-hydrogen) atoms. The van der Waals surface area contributed by atoms with Gasteiger partial charge in [-0.25, -0.2) is 0 Å². The van der Waals surface area contributed by atoms with Gasteiger partial charge in [-0.3, -0.25) is 30.1 Å². The number of thiocarbonyl (C=S) groups is 1. The summed E-state index contributed by atoms with van der Waals surface area (Å²) >= 11 is 6.33. The van der Waals surface area contributed by atoms with Crippen LogP contribution in [0.5, 0.6) is 11.5 Å². The van der Waals surface area contributed by atoms with Crippen molar-refractivity contribution in [2.75, 3.05) is 13.2 Å². The van der Waals surface area contributed by atoms with E-state index in [1.165, 1.54) is 29.2 Å². The summed E-state index contributed by atoms with van der Waals surface area (Å²) < 4.78 is 5.65. The fraction of sp³-hybridized carbons (Fsp3) is 0.143. The maximum atomic E-state index is 12.7. The molecule has 2 aromatic rings. The van der Waals surface area contributed by atoms with Gasteiger partial charge in [0.2, 0.25) is 0 Å². The molecule has 3 amide bonds. The molecule has 1 aliphatic rings. The van der Waals surface area contributed by atoms with E-state index in [0.717, 1.165) is 23.1 Å². The molecule has 0 radical (unpaired) electrons. The van der Waals surface area contributed by atoms with Crippen molar-refractivity contribution < 1.29 is 24.2 Å². The summed E-state index contributed by atoms with van der Waals surface area (Å²) in [4.78, 5) is 38.4. The van der Waals surface area contributed by atoms with Crippen molar-refractivity contribution in [2.45, 2.75) is 6.92 Å². The molecule has 3 rings (SSSR count). The van der Waals surface area contributed by atoms with Gasteiger partial charge in [-0.2, -0.15) is 0 Å². The van der Waals surface area contributed by atoms with Crippen molar-refractivity contribution >= 4 is 52.1 Å². The number of hydrogen-bond donors (Lipinski definition) is 3. The van der Waals surface area contributed by atoms with Gasteiger partial charge in [0.15, 0.2) is 0 Å². The molecule has 0 aromatic heterocycles. The lowest BCUT2D eigenvalue weighted by molar-refractivity contribution is -0.129. The van der Waals surface area contributed by atoms with Gasteiger partial charge in [0.25, 0.3) is 17.7 Å². The van der Waals surface area contributed by atoms with E-state index >= 15 is 0 Å². The maximum Gasteiger partial charge on any atom is 0.269 e. The monoisotopic (exact) mass is 457 g/mol. The van der Waals surface area contributed by atoms with E-state index in [0.29, 0.717) is 11.5 Å². The number of nitrogens with zero attached hydrogens (tertiary/aromatic N) is 1. The number of carbonyl (C=O) groups is 3. The molecule has 8 nitrogen and oxygen atoms in total. The first-order chi connectivity index (χ1) is 14.9. The van der Waals surface area contributed by atoms with Gasteiger partial charge in [-0.1, -0.05) is 36.1 Å². The van der Waals surface area contributed by atoms with Crippen LogP contribution in [0.2, 0.25) is 0 Å². The van der Waals surface area contributed by atoms with Crippen LogP contribution in [0.25, 0.3) is 6.08 Å². The SMILES string of the molecule is CCOc1ccc(C=C2SC(=S)N(CC(=O)NNC(=O)c3ccc(O)cc3)C2=O)cc1. The standard InChI is InChI=1S/C21H19N3O5S2/c1-2-29-16-9-3-13(4-10-16)11-17-20(28)24(21(30)31-17)12-18(26)22-23-19(27)14-5-7-15(25)8-6-14/h3-11,25H,2,12H2,1H3,(H,22,26)(H,23,27). The highest BCUT2D eigenvalue weighted by Crippen LogP contribution is 2.32. The predicted molar refractivity (Wildman–Crippen MR) is 121 cm³/mol. The average Bonchev–Trinajstić information content (AvgIpc) is 3.01. The Kier molecular flexibility index (Phi) is 7.27. The molecule has 1 heterocycles. The predicted octanol–water partition coefficient (Wildman–Crippen LogP) is 2.45. The molecule has 0 spiro atoms. The lowest BCUT2D eigenvalue weighted by atomic mass is 10.2. The molecule has 2 aromatic carbocycles. The van der Waals surface area contributed by atoms with E-state index in [-0.39, 0.29) is 28.1 Å². The molecular formula is C21H19N3O5S2. The second kappa shape index (κ2) is 10.1. The Morgan fingerprint density at radius 3 is 2.45 bits per heavy atom. The van der Waals surface area contributed by atoms with Crippen molar-refractivity contribution in [2.24, 2.45) is 0 Å². The second-order valence-electron chi connectivity index (χ2n) is 6.32. The number of phenolic OH excluding ortho intramolecular Hbond substituents is 1. The topological polar surface area (TPSA) is 108 Å². The lowest BCUT2D eigenvalue weighted by Crippen LogP contribution is -2.47. The lowest BCUT2D eigenvalue weighted by Gasteiger charge is -2.14. The van der Waals surface area contributed by atoms with Gasteiger partial charge < -0.3 is 9.84 Å². The quantitative estimate of drug-likeness (QED) is 0.347. The third-order valence-corrected chi connectivity index (χ3v) is 5.49. The summed E-state index contributed by atoms with van der Waals surface area (Å²) in [7, 11) is 0. The number of rotatable bonds is 6. The largest absolute Gasteiger partial charge is 0.508 e. The molecular weight excluding hydrogens is 438 g/mol. The summed E-state index contributed by atoms with van der Waals surface area (Å²) in [5.74, 6) is -0.796. The number of benzene rings is 2. The van der Waals surface area contributed by atoms with Gasteiger partial charge in [0.1, 0.15) is 22.4 Å². The minimum Gasteiger partial charge on any atom is -0.508 e. The van der Waals surface area contributed by atoms with Crippen molar-refractivity contribution in [1.29, 1.82) is 0 Å². The van der Waals surface area contributed by atoms with Crippen molar-refractivity contribution in [3.05, 3.63) is 64.6 Å². The first-order valence-electron chi connectivity index (χ1n) is 9.24. The van der Waals surface area contributed by atoms with Gasteiger partial charge in [-0.15, -0.1) is 0 Å². The zero-order valence-electron chi connectivity index (χ0n) is 16.5. The molecule has 0 atom stereocenters. The van der Waals surface area contributed by atoms with E-state index in [9.17, 15) is 19.5 Å². The molecule has 0 aliphatic carbocycles. The highest BCUT2D eigenvalue weighted by atomic mass is 32.2. The van der Waals surface area contributed by atoms with Crippen LogP contribution in [-0.2, 0) is 9.59 Å². The van der Waals surface area contributed by atoms with Gasteiger partial charge in [0.05, 0.1) is 11.5 Å². The van der Waals surface area contributed by atoms with E-state index in [4.69, 9.17) is 17.0 Å². The zero-order chi connectivity index (χ0) is 22.4. The first-order valence-corrected chi connectivity index (χ1v) is 10.5. The normalized spacial score (nSPS) is 14.6. The average molecular weight is 458 g/mol.